The average Bonchev–Trinajstić information content (AvgIpc) is 3.16. The van der Waals surface area contributed by atoms with E-state index in [-0.39, 0.29) is 17.2 Å². The summed E-state index contributed by atoms with van der Waals surface area (Å²) in [5.74, 6) is 0.324. The fourth-order valence-corrected chi connectivity index (χ4v) is 4.55. The van der Waals surface area contributed by atoms with Crippen LogP contribution in [0.4, 0.5) is 0 Å². The van der Waals surface area contributed by atoms with Gasteiger partial charge >= 0.3 is 0 Å². The molecule has 2 amide bonds. The third-order valence-corrected chi connectivity index (χ3v) is 6.33. The fourth-order valence-electron chi connectivity index (χ4n) is 3.36. The van der Waals surface area contributed by atoms with Crippen molar-refractivity contribution in [3.05, 3.63) is 107 Å². The molecule has 1 fully saturated rings. The third kappa shape index (κ3) is 5.22. The summed E-state index contributed by atoms with van der Waals surface area (Å²) in [6, 6.07) is 25.2. The van der Waals surface area contributed by atoms with Gasteiger partial charge in [0.15, 0.2) is 0 Å². The Kier molecular flexibility index (Phi) is 6.48. The molecule has 31 heavy (non-hydrogen) atoms. The van der Waals surface area contributed by atoms with Gasteiger partial charge in [-0.2, -0.15) is 5.10 Å². The number of nitrogens with zero attached hydrogens (tertiary/aromatic N) is 2. The highest BCUT2D eigenvalue weighted by Gasteiger charge is 2.32. The van der Waals surface area contributed by atoms with E-state index < -0.39 is 0 Å². The lowest BCUT2D eigenvalue weighted by Gasteiger charge is -2.24. The normalized spacial score (nSPS) is 16.1. The minimum absolute atomic E-state index is 0.0515. The molecule has 0 spiro atoms. The zero-order valence-electron chi connectivity index (χ0n) is 17.2. The van der Waals surface area contributed by atoms with Crippen molar-refractivity contribution < 1.29 is 9.59 Å². The maximum Gasteiger partial charge on any atom is 0.271 e. The number of aryl methyl sites for hydroxylation is 1. The van der Waals surface area contributed by atoms with Gasteiger partial charge in [-0.25, -0.2) is 5.43 Å². The summed E-state index contributed by atoms with van der Waals surface area (Å²) in [7, 11) is 0. The van der Waals surface area contributed by atoms with Crippen molar-refractivity contribution in [2.24, 2.45) is 5.10 Å². The molecule has 0 radical (unpaired) electrons. The van der Waals surface area contributed by atoms with E-state index in [0.717, 1.165) is 16.7 Å². The second-order valence-corrected chi connectivity index (χ2v) is 8.47. The average molecular weight is 430 g/mol. The minimum Gasteiger partial charge on any atom is -0.322 e. The topological polar surface area (TPSA) is 61.8 Å². The summed E-state index contributed by atoms with van der Waals surface area (Å²) in [6.45, 7) is 2.60. The van der Waals surface area contributed by atoms with Crippen LogP contribution >= 0.6 is 11.8 Å². The maximum absolute atomic E-state index is 12.4. The number of hydrogen-bond acceptors (Lipinski definition) is 4. The van der Waals surface area contributed by atoms with E-state index in [2.05, 4.69) is 10.5 Å². The molecule has 4 rings (SSSR count). The van der Waals surface area contributed by atoms with Crippen LogP contribution < -0.4 is 5.43 Å². The Morgan fingerprint density at radius 2 is 1.77 bits per heavy atom. The zero-order valence-corrected chi connectivity index (χ0v) is 18.0. The van der Waals surface area contributed by atoms with E-state index in [0.29, 0.717) is 17.9 Å². The Morgan fingerprint density at radius 1 is 1.06 bits per heavy atom. The summed E-state index contributed by atoms with van der Waals surface area (Å²) in [5.41, 5.74) is 7.28. The van der Waals surface area contributed by atoms with Crippen LogP contribution in [0.3, 0.4) is 0 Å². The Labute approximate surface area is 186 Å². The zero-order chi connectivity index (χ0) is 21.6. The molecule has 3 aromatic carbocycles. The summed E-state index contributed by atoms with van der Waals surface area (Å²) in [6.07, 6.45) is 1.62. The second kappa shape index (κ2) is 9.62. The third-order valence-electron chi connectivity index (χ3n) is 5.08. The molecule has 5 nitrogen and oxygen atoms in total. The molecule has 156 valence electrons. The van der Waals surface area contributed by atoms with Gasteiger partial charge in [-0.15, -0.1) is 11.8 Å². The van der Waals surface area contributed by atoms with E-state index in [9.17, 15) is 9.59 Å². The lowest BCUT2D eigenvalue weighted by molar-refractivity contribution is -0.128. The summed E-state index contributed by atoms with van der Waals surface area (Å²) >= 11 is 1.61. The highest BCUT2D eigenvalue weighted by molar-refractivity contribution is 8.00. The van der Waals surface area contributed by atoms with Crippen LogP contribution in [0, 0.1) is 6.92 Å². The van der Waals surface area contributed by atoms with E-state index >= 15 is 0 Å². The van der Waals surface area contributed by atoms with Crippen molar-refractivity contribution in [1.29, 1.82) is 0 Å². The molecule has 0 bridgehead atoms. The quantitative estimate of drug-likeness (QED) is 0.462. The number of hydrazone groups is 1. The molecular formula is C25H23N3O2S. The van der Waals surface area contributed by atoms with Gasteiger partial charge in [-0.1, -0.05) is 72.3 Å². The van der Waals surface area contributed by atoms with E-state index in [1.54, 1.807) is 30.1 Å². The molecule has 1 N–H and O–H groups in total. The molecule has 1 aliphatic heterocycles. The Hall–Kier alpha value is -3.38. The fraction of sp³-hybridized carbons (Fsp3) is 0.160. The number of thioether (sulfide) groups is 1. The summed E-state index contributed by atoms with van der Waals surface area (Å²) in [5, 5.41) is 3.98. The number of carbonyl (C=O) groups is 2. The summed E-state index contributed by atoms with van der Waals surface area (Å²) < 4.78 is 0. The Bertz CT molecular complexity index is 1080. The first-order valence-electron chi connectivity index (χ1n) is 10.1. The van der Waals surface area contributed by atoms with E-state index in [1.807, 2.05) is 78.6 Å². The van der Waals surface area contributed by atoms with Crippen LogP contribution in [-0.2, 0) is 11.3 Å². The predicted octanol–water partition coefficient (Wildman–Crippen LogP) is 4.53. The molecule has 0 unspecified atom stereocenters. The smallest absolute Gasteiger partial charge is 0.271 e. The van der Waals surface area contributed by atoms with Crippen molar-refractivity contribution in [3.63, 3.8) is 0 Å². The molecule has 1 atom stereocenters. The van der Waals surface area contributed by atoms with E-state index in [1.165, 1.54) is 5.56 Å². The molecule has 6 heteroatoms. The van der Waals surface area contributed by atoms with Gasteiger partial charge in [-0.3, -0.25) is 9.59 Å². The number of nitrogens with one attached hydrogen (secondary N) is 1. The van der Waals surface area contributed by atoms with Gasteiger partial charge in [0.1, 0.15) is 5.37 Å². The largest absolute Gasteiger partial charge is 0.322 e. The first-order chi connectivity index (χ1) is 15.1. The van der Waals surface area contributed by atoms with Crippen LogP contribution in [-0.4, -0.2) is 28.7 Å². The lowest BCUT2D eigenvalue weighted by atomic mass is 10.1. The molecule has 1 aliphatic rings. The molecular weight excluding hydrogens is 406 g/mol. The summed E-state index contributed by atoms with van der Waals surface area (Å²) in [4.78, 5) is 26.7. The number of amides is 2. The molecule has 3 aromatic rings. The molecule has 0 aliphatic carbocycles. The predicted molar refractivity (Wildman–Crippen MR) is 125 cm³/mol. The van der Waals surface area contributed by atoms with Gasteiger partial charge in [-0.05, 0) is 35.7 Å². The van der Waals surface area contributed by atoms with Crippen molar-refractivity contribution in [2.75, 3.05) is 5.75 Å². The van der Waals surface area contributed by atoms with Crippen LogP contribution in [0.5, 0.6) is 0 Å². The maximum atomic E-state index is 12.4. The van der Waals surface area contributed by atoms with Crippen LogP contribution in [0.25, 0.3) is 0 Å². The van der Waals surface area contributed by atoms with Gasteiger partial charge in [0.05, 0.1) is 12.0 Å². The minimum atomic E-state index is -0.272. The van der Waals surface area contributed by atoms with Crippen LogP contribution in [0.1, 0.15) is 38.0 Å². The molecule has 1 heterocycles. The SMILES string of the molecule is Cc1ccc(/C=N\NC(=O)c2ccc([C@H]3SCC(=O)N3Cc3ccccc3)cc2)cc1. The monoisotopic (exact) mass is 429 g/mol. The highest BCUT2D eigenvalue weighted by Crippen LogP contribution is 2.39. The van der Waals surface area contributed by atoms with Crippen molar-refractivity contribution in [2.45, 2.75) is 18.8 Å². The van der Waals surface area contributed by atoms with Gasteiger partial charge in [0.2, 0.25) is 5.91 Å². The number of benzene rings is 3. The van der Waals surface area contributed by atoms with E-state index in [4.69, 9.17) is 0 Å². The van der Waals surface area contributed by atoms with Crippen molar-refractivity contribution in [1.82, 2.24) is 10.3 Å². The Morgan fingerprint density at radius 3 is 2.48 bits per heavy atom. The second-order valence-electron chi connectivity index (χ2n) is 7.40. The first-order valence-corrected chi connectivity index (χ1v) is 11.1. The van der Waals surface area contributed by atoms with Crippen LogP contribution in [0.2, 0.25) is 0 Å². The van der Waals surface area contributed by atoms with Gasteiger partial charge < -0.3 is 4.90 Å². The lowest BCUT2D eigenvalue weighted by Crippen LogP contribution is -2.27. The van der Waals surface area contributed by atoms with Gasteiger partial charge in [0.25, 0.3) is 5.91 Å². The van der Waals surface area contributed by atoms with Crippen LogP contribution in [0.15, 0.2) is 84.0 Å². The number of hydrogen-bond donors (Lipinski definition) is 1. The van der Waals surface area contributed by atoms with Crippen molar-refractivity contribution >= 4 is 29.8 Å². The molecule has 0 aromatic heterocycles. The number of rotatable bonds is 6. The molecule has 1 saturated heterocycles. The standard InChI is InChI=1S/C25H23N3O2S/c1-18-7-9-19(10-8-18)15-26-27-24(30)21-11-13-22(14-12-21)25-28(23(29)17-31-25)16-20-5-3-2-4-6-20/h2-15,25H,16-17H2,1H3,(H,27,30)/b26-15-/t25-/m1/s1. The molecule has 0 saturated carbocycles. The van der Waals surface area contributed by atoms with Gasteiger partial charge in [0, 0.05) is 12.1 Å². The van der Waals surface area contributed by atoms with Crippen molar-refractivity contribution in [3.8, 4) is 0 Å². The Balaban J connectivity index is 1.40. The number of carbonyl (C=O) groups excluding carboxylic acids is 2. The first kappa shape index (κ1) is 20.9. The highest BCUT2D eigenvalue weighted by atomic mass is 32.2.